The number of halogens is 1. The van der Waals surface area contributed by atoms with E-state index in [4.69, 9.17) is 5.73 Å². The highest BCUT2D eigenvalue weighted by molar-refractivity contribution is 14.0. The van der Waals surface area contributed by atoms with E-state index in [0.29, 0.717) is 0 Å². The van der Waals surface area contributed by atoms with Crippen molar-refractivity contribution in [2.45, 2.75) is 57.9 Å². The van der Waals surface area contributed by atoms with E-state index in [1.807, 2.05) is 0 Å². The molecule has 0 spiro atoms. The Morgan fingerprint density at radius 1 is 1.19 bits per heavy atom. The van der Waals surface area contributed by atoms with E-state index in [9.17, 15) is 0 Å². The van der Waals surface area contributed by atoms with Gasteiger partial charge in [0.05, 0.1) is 6.54 Å². The van der Waals surface area contributed by atoms with Crippen molar-refractivity contribution >= 4 is 29.9 Å². The Bertz CT molecular complexity index is 315. The van der Waals surface area contributed by atoms with E-state index in [2.05, 4.69) is 28.8 Å². The summed E-state index contributed by atoms with van der Waals surface area (Å²) in [4.78, 5) is 9.34. The summed E-state index contributed by atoms with van der Waals surface area (Å²) in [6, 6.07) is 0.773. The minimum atomic E-state index is 0. The van der Waals surface area contributed by atoms with Crippen LogP contribution in [0.3, 0.4) is 0 Å². The molecule has 21 heavy (non-hydrogen) atoms. The van der Waals surface area contributed by atoms with E-state index in [-0.39, 0.29) is 24.0 Å². The molecule has 124 valence electrons. The molecule has 2 fully saturated rings. The minimum Gasteiger partial charge on any atom is -0.370 e. The average molecular weight is 408 g/mol. The van der Waals surface area contributed by atoms with Crippen molar-refractivity contribution in [3.8, 4) is 0 Å². The van der Waals surface area contributed by atoms with Crippen LogP contribution in [0.25, 0.3) is 0 Å². The first kappa shape index (κ1) is 19.0. The predicted octanol–water partition coefficient (Wildman–Crippen LogP) is 2.92. The van der Waals surface area contributed by atoms with E-state index >= 15 is 0 Å². The summed E-state index contributed by atoms with van der Waals surface area (Å²) in [5.41, 5.74) is 6.13. The van der Waals surface area contributed by atoms with Crippen molar-refractivity contribution in [3.63, 3.8) is 0 Å². The molecule has 2 rings (SSSR count). The Balaban J connectivity index is 0.00000220. The molecule has 1 aliphatic carbocycles. The SMILES string of the molecule is CC1CCCN(C(N)=NCCN(C)C2CCCCC2)C1.I. The molecule has 0 radical (unpaired) electrons. The highest BCUT2D eigenvalue weighted by Gasteiger charge is 2.19. The van der Waals surface area contributed by atoms with Gasteiger partial charge in [0.15, 0.2) is 5.96 Å². The molecule has 2 N–H and O–H groups in total. The first-order valence-corrected chi connectivity index (χ1v) is 8.42. The molecule has 0 bridgehead atoms. The largest absolute Gasteiger partial charge is 0.370 e. The van der Waals surface area contributed by atoms with Crippen LogP contribution in [0, 0.1) is 5.92 Å². The molecule has 1 atom stereocenters. The summed E-state index contributed by atoms with van der Waals surface area (Å²) >= 11 is 0. The highest BCUT2D eigenvalue weighted by atomic mass is 127. The van der Waals surface area contributed by atoms with Crippen molar-refractivity contribution in [1.82, 2.24) is 9.80 Å². The van der Waals surface area contributed by atoms with Crippen molar-refractivity contribution in [3.05, 3.63) is 0 Å². The van der Waals surface area contributed by atoms with E-state index in [1.54, 1.807) is 0 Å². The maximum absolute atomic E-state index is 6.13. The third-order valence-corrected chi connectivity index (χ3v) is 4.91. The lowest BCUT2D eigenvalue weighted by Crippen LogP contribution is -2.44. The number of guanidine groups is 1. The maximum atomic E-state index is 6.13. The molecule has 0 aromatic rings. The third-order valence-electron chi connectivity index (χ3n) is 4.91. The third kappa shape index (κ3) is 6.30. The fraction of sp³-hybridized carbons (Fsp3) is 0.938. The fourth-order valence-electron chi connectivity index (χ4n) is 3.52. The molecule has 0 aromatic carbocycles. The van der Waals surface area contributed by atoms with Crippen LogP contribution in [0.4, 0.5) is 0 Å². The monoisotopic (exact) mass is 408 g/mol. The fourth-order valence-corrected chi connectivity index (χ4v) is 3.52. The number of aliphatic imine (C=N–C) groups is 1. The van der Waals surface area contributed by atoms with Gasteiger partial charge in [0.2, 0.25) is 0 Å². The predicted molar refractivity (Wildman–Crippen MR) is 101 cm³/mol. The van der Waals surface area contributed by atoms with Gasteiger partial charge < -0.3 is 15.5 Å². The van der Waals surface area contributed by atoms with Gasteiger partial charge in [0.1, 0.15) is 0 Å². The van der Waals surface area contributed by atoms with Gasteiger partial charge in [-0.2, -0.15) is 0 Å². The number of likely N-dealkylation sites (N-methyl/N-ethyl adjacent to an activating group) is 1. The lowest BCUT2D eigenvalue weighted by molar-refractivity contribution is 0.196. The van der Waals surface area contributed by atoms with Crippen LogP contribution in [0.15, 0.2) is 4.99 Å². The van der Waals surface area contributed by atoms with Gasteiger partial charge >= 0.3 is 0 Å². The molecule has 1 saturated heterocycles. The number of likely N-dealkylation sites (tertiary alicyclic amines) is 1. The van der Waals surface area contributed by atoms with Crippen LogP contribution in [0.1, 0.15) is 51.9 Å². The zero-order chi connectivity index (χ0) is 14.4. The standard InChI is InChI=1S/C16H32N4.HI/c1-14-7-6-11-20(13-14)16(17)18-10-12-19(2)15-8-4-3-5-9-15;/h14-15H,3-13H2,1-2H3,(H2,17,18);1H. The normalized spacial score (nSPS) is 25.0. The van der Waals surface area contributed by atoms with Crippen molar-refractivity contribution in [2.75, 3.05) is 33.2 Å². The number of hydrogen-bond donors (Lipinski definition) is 1. The smallest absolute Gasteiger partial charge is 0.191 e. The Morgan fingerprint density at radius 2 is 1.90 bits per heavy atom. The summed E-state index contributed by atoms with van der Waals surface area (Å²) < 4.78 is 0. The average Bonchev–Trinajstić information content (AvgIpc) is 2.48. The Hall–Kier alpha value is -0.0400. The Kier molecular flexibility index (Phi) is 8.94. The van der Waals surface area contributed by atoms with Crippen LogP contribution >= 0.6 is 24.0 Å². The molecule has 1 unspecified atom stereocenters. The van der Waals surface area contributed by atoms with Gasteiger partial charge in [-0.3, -0.25) is 4.99 Å². The summed E-state index contributed by atoms with van der Waals surface area (Å²) in [6.07, 6.45) is 9.51. The number of rotatable bonds is 4. The number of nitrogens with two attached hydrogens (primary N) is 1. The van der Waals surface area contributed by atoms with E-state index < -0.39 is 0 Å². The van der Waals surface area contributed by atoms with Crippen LogP contribution in [-0.2, 0) is 0 Å². The molecule has 1 saturated carbocycles. The number of hydrogen-bond acceptors (Lipinski definition) is 2. The van der Waals surface area contributed by atoms with Crippen LogP contribution in [0.2, 0.25) is 0 Å². The van der Waals surface area contributed by atoms with Gasteiger partial charge in [-0.15, -0.1) is 24.0 Å². The summed E-state index contributed by atoms with van der Waals surface area (Å²) in [5.74, 6) is 1.51. The second-order valence-corrected chi connectivity index (χ2v) is 6.71. The maximum Gasteiger partial charge on any atom is 0.191 e. The molecule has 2 aliphatic rings. The van der Waals surface area contributed by atoms with Gasteiger partial charge in [-0.25, -0.2) is 0 Å². The molecule has 1 aliphatic heterocycles. The molecule has 0 amide bonds. The quantitative estimate of drug-likeness (QED) is 0.442. The molecule has 5 heteroatoms. The van der Waals surface area contributed by atoms with E-state index in [1.165, 1.54) is 44.9 Å². The van der Waals surface area contributed by atoms with Gasteiger partial charge in [0, 0.05) is 25.7 Å². The van der Waals surface area contributed by atoms with Crippen molar-refractivity contribution < 1.29 is 0 Å². The second kappa shape index (κ2) is 9.87. The van der Waals surface area contributed by atoms with Crippen molar-refractivity contribution in [1.29, 1.82) is 0 Å². The lowest BCUT2D eigenvalue weighted by Gasteiger charge is -2.32. The zero-order valence-corrected chi connectivity index (χ0v) is 16.1. The summed E-state index contributed by atoms with van der Waals surface area (Å²) in [7, 11) is 2.24. The zero-order valence-electron chi connectivity index (χ0n) is 13.8. The Labute approximate surface area is 147 Å². The minimum absolute atomic E-state index is 0. The van der Waals surface area contributed by atoms with Gasteiger partial charge in [-0.05, 0) is 38.6 Å². The summed E-state index contributed by atoms with van der Waals surface area (Å²) in [6.45, 7) is 6.33. The molecular formula is C16H33IN4. The van der Waals surface area contributed by atoms with Gasteiger partial charge in [0.25, 0.3) is 0 Å². The number of nitrogens with zero attached hydrogens (tertiary/aromatic N) is 3. The van der Waals surface area contributed by atoms with Crippen molar-refractivity contribution in [2.24, 2.45) is 16.6 Å². The second-order valence-electron chi connectivity index (χ2n) is 6.71. The van der Waals surface area contributed by atoms with Gasteiger partial charge in [-0.1, -0.05) is 26.2 Å². The van der Waals surface area contributed by atoms with E-state index in [0.717, 1.165) is 44.1 Å². The highest BCUT2D eigenvalue weighted by Crippen LogP contribution is 2.21. The summed E-state index contributed by atoms with van der Waals surface area (Å²) in [5, 5.41) is 0. The topological polar surface area (TPSA) is 44.9 Å². The van der Waals surface area contributed by atoms with Crippen LogP contribution in [-0.4, -0.2) is 55.0 Å². The molecular weight excluding hydrogens is 375 g/mol. The van der Waals surface area contributed by atoms with Crippen LogP contribution in [0.5, 0.6) is 0 Å². The molecule has 4 nitrogen and oxygen atoms in total. The first-order chi connectivity index (χ1) is 9.66. The molecule has 1 heterocycles. The van der Waals surface area contributed by atoms with Crippen LogP contribution < -0.4 is 5.73 Å². The Morgan fingerprint density at radius 3 is 2.57 bits per heavy atom. The number of piperidine rings is 1. The first-order valence-electron chi connectivity index (χ1n) is 8.42. The molecule has 0 aromatic heterocycles. The lowest BCUT2D eigenvalue weighted by atomic mass is 9.94.